The minimum atomic E-state index is -0.801. The Balaban J connectivity index is 1.43. The fourth-order valence-corrected chi connectivity index (χ4v) is 3.84. The van der Waals surface area contributed by atoms with Crippen LogP contribution in [0.25, 0.3) is 6.08 Å². The number of nitrogens with zero attached hydrogens (tertiary/aromatic N) is 2. The number of barbiturate groups is 1. The molecule has 5 rings (SSSR count). The number of amides is 4. The van der Waals surface area contributed by atoms with Crippen molar-refractivity contribution in [2.45, 2.75) is 12.8 Å². The van der Waals surface area contributed by atoms with E-state index in [4.69, 9.17) is 9.47 Å². The number of carbonyl (C=O) groups excluding carboxylic acids is 3. The fourth-order valence-electron chi connectivity index (χ4n) is 3.84. The molecule has 2 aromatic carbocycles. The lowest BCUT2D eigenvalue weighted by molar-refractivity contribution is -0.122. The van der Waals surface area contributed by atoms with Gasteiger partial charge >= 0.3 is 6.03 Å². The number of nitrogens with one attached hydrogen (secondary N) is 1. The highest BCUT2D eigenvalue weighted by Gasteiger charge is 2.37. The van der Waals surface area contributed by atoms with Crippen LogP contribution in [0.3, 0.4) is 0 Å². The average Bonchev–Trinajstić information content (AvgIpc) is 3.43. The second-order valence-corrected chi connectivity index (χ2v) is 7.28. The Labute approximate surface area is 172 Å². The normalized spacial score (nSPS) is 19.6. The summed E-state index contributed by atoms with van der Waals surface area (Å²) < 4.78 is 10.6. The van der Waals surface area contributed by atoms with Crippen molar-refractivity contribution in [3.05, 3.63) is 53.6 Å². The maximum Gasteiger partial charge on any atom is 0.335 e. The summed E-state index contributed by atoms with van der Waals surface area (Å²) in [5.41, 5.74) is 2.01. The molecule has 3 aliphatic rings. The Bertz CT molecular complexity index is 1070. The summed E-state index contributed by atoms with van der Waals surface area (Å²) in [6.07, 6.45) is 3.87. The van der Waals surface area contributed by atoms with E-state index in [-0.39, 0.29) is 12.4 Å². The Morgan fingerprint density at radius 1 is 0.867 bits per heavy atom. The van der Waals surface area contributed by atoms with Crippen LogP contribution in [-0.2, 0) is 9.59 Å². The van der Waals surface area contributed by atoms with Gasteiger partial charge in [0.2, 0.25) is 6.79 Å². The molecule has 2 aromatic rings. The molecule has 0 unspecified atom stereocenters. The van der Waals surface area contributed by atoms with Crippen LogP contribution < -0.4 is 24.6 Å². The zero-order valence-electron chi connectivity index (χ0n) is 16.1. The Hall–Kier alpha value is -3.81. The third-order valence-corrected chi connectivity index (χ3v) is 5.39. The first kappa shape index (κ1) is 18.2. The number of carbonyl (C=O) groups is 3. The first-order valence-corrected chi connectivity index (χ1v) is 9.76. The maximum atomic E-state index is 13.0. The molecule has 8 heteroatoms. The molecule has 0 spiro atoms. The summed E-state index contributed by atoms with van der Waals surface area (Å²) in [5, 5.41) is 2.23. The molecule has 0 atom stereocenters. The lowest BCUT2D eigenvalue weighted by Gasteiger charge is -2.26. The quantitative estimate of drug-likeness (QED) is 0.624. The van der Waals surface area contributed by atoms with Crippen LogP contribution >= 0.6 is 0 Å². The van der Waals surface area contributed by atoms with Crippen LogP contribution in [-0.4, -0.2) is 37.7 Å². The third kappa shape index (κ3) is 3.16. The van der Waals surface area contributed by atoms with E-state index in [0.29, 0.717) is 22.7 Å². The molecule has 8 nitrogen and oxygen atoms in total. The molecule has 4 amide bonds. The lowest BCUT2D eigenvalue weighted by atomic mass is 10.1. The highest BCUT2D eigenvalue weighted by molar-refractivity contribution is 6.39. The lowest BCUT2D eigenvalue weighted by Crippen LogP contribution is -2.54. The molecule has 0 bridgehead atoms. The van der Waals surface area contributed by atoms with Gasteiger partial charge in [0.25, 0.3) is 11.8 Å². The van der Waals surface area contributed by atoms with Gasteiger partial charge in [-0.25, -0.2) is 9.69 Å². The van der Waals surface area contributed by atoms with Crippen LogP contribution in [0.1, 0.15) is 18.4 Å². The largest absolute Gasteiger partial charge is 0.454 e. The topological polar surface area (TPSA) is 88.2 Å². The van der Waals surface area contributed by atoms with Gasteiger partial charge in [-0.3, -0.25) is 14.9 Å². The van der Waals surface area contributed by atoms with Crippen molar-refractivity contribution in [1.29, 1.82) is 0 Å². The summed E-state index contributed by atoms with van der Waals surface area (Å²) in [4.78, 5) is 41.0. The van der Waals surface area contributed by atoms with E-state index in [1.807, 2.05) is 24.3 Å². The molecule has 30 heavy (non-hydrogen) atoms. The van der Waals surface area contributed by atoms with E-state index in [2.05, 4.69) is 10.2 Å². The number of hydrogen-bond donors (Lipinski definition) is 1. The number of ether oxygens (including phenoxy) is 2. The van der Waals surface area contributed by atoms with Crippen molar-refractivity contribution >= 4 is 35.3 Å². The first-order valence-electron chi connectivity index (χ1n) is 9.76. The standard InChI is InChI=1S/C22H19N3O5/c26-20-17(11-14-3-5-15(6-4-14)24-9-1-2-10-24)21(27)25(22(28)23-20)16-7-8-18-19(12-16)30-13-29-18/h3-8,11-12H,1-2,9-10,13H2,(H,23,26,28)/b17-11+. The van der Waals surface area contributed by atoms with E-state index in [1.54, 1.807) is 12.1 Å². The number of anilines is 2. The number of imide groups is 2. The van der Waals surface area contributed by atoms with Crippen molar-refractivity contribution in [2.75, 3.05) is 29.7 Å². The minimum Gasteiger partial charge on any atom is -0.454 e. The summed E-state index contributed by atoms with van der Waals surface area (Å²) in [6, 6.07) is 11.6. The van der Waals surface area contributed by atoms with Crippen LogP contribution in [0.15, 0.2) is 48.0 Å². The number of benzene rings is 2. The van der Waals surface area contributed by atoms with Crippen molar-refractivity contribution in [3.8, 4) is 11.5 Å². The average molecular weight is 405 g/mol. The van der Waals surface area contributed by atoms with Gasteiger partial charge in [-0.2, -0.15) is 0 Å². The summed E-state index contributed by atoms with van der Waals surface area (Å²) >= 11 is 0. The highest BCUT2D eigenvalue weighted by Crippen LogP contribution is 2.36. The molecule has 0 aromatic heterocycles. The van der Waals surface area contributed by atoms with Gasteiger partial charge in [-0.05, 0) is 48.7 Å². The number of fused-ring (bicyclic) bond motifs is 1. The molecule has 1 N–H and O–H groups in total. The van der Waals surface area contributed by atoms with Crippen LogP contribution in [0, 0.1) is 0 Å². The Kier molecular flexibility index (Phi) is 4.39. The van der Waals surface area contributed by atoms with Gasteiger partial charge in [-0.1, -0.05) is 12.1 Å². The summed E-state index contributed by atoms with van der Waals surface area (Å²) in [6.45, 7) is 2.15. The Morgan fingerprint density at radius 2 is 1.57 bits per heavy atom. The van der Waals surface area contributed by atoms with Crippen LogP contribution in [0.5, 0.6) is 11.5 Å². The van der Waals surface area contributed by atoms with Crippen LogP contribution in [0.2, 0.25) is 0 Å². The van der Waals surface area contributed by atoms with Gasteiger partial charge in [-0.15, -0.1) is 0 Å². The summed E-state index contributed by atoms with van der Waals surface area (Å²) in [7, 11) is 0. The highest BCUT2D eigenvalue weighted by atomic mass is 16.7. The van der Waals surface area contributed by atoms with Gasteiger partial charge in [0.1, 0.15) is 5.57 Å². The van der Waals surface area contributed by atoms with Crippen molar-refractivity contribution < 1.29 is 23.9 Å². The van der Waals surface area contributed by atoms with E-state index in [9.17, 15) is 14.4 Å². The predicted octanol–water partition coefficient (Wildman–Crippen LogP) is 2.68. The smallest absolute Gasteiger partial charge is 0.335 e. The second kappa shape index (κ2) is 7.22. The number of urea groups is 1. The van der Waals surface area contributed by atoms with Gasteiger partial charge in [0.05, 0.1) is 5.69 Å². The molecular weight excluding hydrogens is 386 g/mol. The Morgan fingerprint density at radius 3 is 2.33 bits per heavy atom. The van der Waals surface area contributed by atoms with Gasteiger partial charge < -0.3 is 14.4 Å². The van der Waals surface area contributed by atoms with E-state index in [0.717, 1.165) is 23.7 Å². The molecule has 3 heterocycles. The maximum absolute atomic E-state index is 13.0. The molecule has 2 saturated heterocycles. The molecule has 152 valence electrons. The van der Waals surface area contributed by atoms with Crippen molar-refractivity contribution in [1.82, 2.24) is 5.32 Å². The number of rotatable bonds is 3. The zero-order valence-corrected chi connectivity index (χ0v) is 16.1. The molecule has 2 fully saturated rings. The molecular formula is C22H19N3O5. The zero-order chi connectivity index (χ0) is 20.7. The van der Waals surface area contributed by atoms with Gasteiger partial charge in [0, 0.05) is 24.8 Å². The van der Waals surface area contributed by atoms with Crippen molar-refractivity contribution in [3.63, 3.8) is 0 Å². The predicted molar refractivity (Wildman–Crippen MR) is 109 cm³/mol. The third-order valence-electron chi connectivity index (χ3n) is 5.39. The first-order chi connectivity index (χ1) is 14.6. The molecule has 0 radical (unpaired) electrons. The molecule has 3 aliphatic heterocycles. The minimum absolute atomic E-state index is 0.0794. The molecule has 0 aliphatic carbocycles. The van der Waals surface area contributed by atoms with Crippen LogP contribution in [0.4, 0.5) is 16.2 Å². The number of hydrogen-bond acceptors (Lipinski definition) is 6. The SMILES string of the molecule is O=C1NC(=O)N(c2ccc3c(c2)OCO3)C(=O)/C1=C/c1ccc(N2CCCC2)cc1. The monoisotopic (exact) mass is 405 g/mol. The van der Waals surface area contributed by atoms with E-state index >= 15 is 0 Å². The molecule has 0 saturated carbocycles. The van der Waals surface area contributed by atoms with Gasteiger partial charge in [0.15, 0.2) is 11.5 Å². The van der Waals surface area contributed by atoms with E-state index < -0.39 is 17.8 Å². The van der Waals surface area contributed by atoms with E-state index in [1.165, 1.54) is 25.0 Å². The second-order valence-electron chi connectivity index (χ2n) is 7.28. The fraction of sp³-hybridized carbons (Fsp3) is 0.227. The summed E-state index contributed by atoms with van der Waals surface area (Å²) in [5.74, 6) is -0.432. The van der Waals surface area contributed by atoms with Crippen molar-refractivity contribution in [2.24, 2.45) is 0 Å².